The molecule has 0 fully saturated rings. The van der Waals surface area contributed by atoms with E-state index in [1.807, 2.05) is 12.3 Å². The number of thioether (sulfide) groups is 1. The van der Waals surface area contributed by atoms with Crippen molar-refractivity contribution in [2.24, 2.45) is 0 Å². The van der Waals surface area contributed by atoms with Gasteiger partial charge in [0.2, 0.25) is 0 Å². The van der Waals surface area contributed by atoms with E-state index in [4.69, 9.17) is 5.11 Å². The smallest absolute Gasteiger partial charge is 0.316 e. The first-order valence-electron chi connectivity index (χ1n) is 7.20. The minimum absolute atomic E-state index is 0.127. The fourth-order valence-corrected chi connectivity index (χ4v) is 2.90. The van der Waals surface area contributed by atoms with Gasteiger partial charge in [-0.15, -0.1) is 11.8 Å². The lowest BCUT2D eigenvalue weighted by Gasteiger charge is -2.19. The molecule has 1 N–H and O–H groups in total. The normalized spacial score (nSPS) is 11.9. The second-order valence-corrected chi connectivity index (χ2v) is 6.47. The Hall–Kier alpha value is -2.28. The van der Waals surface area contributed by atoms with Crippen LogP contribution in [0.5, 0.6) is 0 Å². The van der Waals surface area contributed by atoms with Crippen LogP contribution in [0, 0.1) is 0 Å². The lowest BCUT2D eigenvalue weighted by atomic mass is 10.2. The van der Waals surface area contributed by atoms with Crippen LogP contribution in [0.25, 0.3) is 0 Å². The Bertz CT molecular complexity index is 673. The van der Waals surface area contributed by atoms with Gasteiger partial charge in [0, 0.05) is 30.9 Å². The molecule has 122 valence electrons. The average molecular weight is 333 g/mol. The largest absolute Gasteiger partial charge is 0.480 e. The molecule has 1 atom stereocenters. The Balaban J connectivity index is 2.07. The third kappa shape index (κ3) is 4.59. The molecule has 1 unspecified atom stereocenters. The molecule has 0 saturated heterocycles. The number of carboxylic acid groups (broad SMARTS) is 1. The summed E-state index contributed by atoms with van der Waals surface area (Å²) in [5.41, 5.74) is 0.522. The monoisotopic (exact) mass is 333 g/mol. The van der Waals surface area contributed by atoms with Gasteiger partial charge in [0.1, 0.15) is 5.25 Å². The fourth-order valence-electron chi connectivity index (χ4n) is 1.98. The predicted octanol–water partition coefficient (Wildman–Crippen LogP) is 2.22. The van der Waals surface area contributed by atoms with Crippen molar-refractivity contribution in [2.75, 3.05) is 13.6 Å². The van der Waals surface area contributed by atoms with E-state index >= 15 is 0 Å². The van der Waals surface area contributed by atoms with Crippen LogP contribution in [0.15, 0.2) is 47.6 Å². The van der Waals surface area contributed by atoms with E-state index in [-0.39, 0.29) is 5.91 Å². The molecular weight excluding hydrogens is 314 g/mol. The number of likely N-dealkylation sites (N-methyl/N-ethyl adjacent to an activating group) is 1. The number of amides is 1. The Kier molecular flexibility index (Phi) is 5.81. The number of hydrogen-bond donors (Lipinski definition) is 1. The van der Waals surface area contributed by atoms with Crippen LogP contribution in [0.4, 0.5) is 0 Å². The molecule has 23 heavy (non-hydrogen) atoms. The zero-order valence-corrected chi connectivity index (χ0v) is 13.9. The number of aliphatic carboxylic acids is 1. The van der Waals surface area contributed by atoms with Crippen molar-refractivity contribution in [3.63, 3.8) is 0 Å². The van der Waals surface area contributed by atoms with Gasteiger partial charge in [0.05, 0.1) is 12.1 Å². The van der Waals surface area contributed by atoms with Gasteiger partial charge < -0.3 is 10.0 Å². The number of rotatable bonds is 7. The van der Waals surface area contributed by atoms with Crippen molar-refractivity contribution in [3.8, 4) is 0 Å². The van der Waals surface area contributed by atoms with Crippen molar-refractivity contribution in [2.45, 2.75) is 23.6 Å². The minimum atomic E-state index is -0.899. The molecule has 1 amide bonds. The van der Waals surface area contributed by atoms with E-state index < -0.39 is 11.2 Å². The molecule has 1 aromatic carbocycles. The summed E-state index contributed by atoms with van der Waals surface area (Å²) in [5, 5.41) is 12.5. The summed E-state index contributed by atoms with van der Waals surface area (Å²) in [4.78, 5) is 25.9. The summed E-state index contributed by atoms with van der Waals surface area (Å²) in [6.07, 6.45) is 3.54. The molecule has 2 aromatic rings. The summed E-state index contributed by atoms with van der Waals surface area (Å²) in [6.45, 7) is 2.74. The van der Waals surface area contributed by atoms with E-state index in [1.165, 1.54) is 11.8 Å². The van der Waals surface area contributed by atoms with Crippen LogP contribution in [0.3, 0.4) is 0 Å². The van der Waals surface area contributed by atoms with Crippen molar-refractivity contribution < 1.29 is 14.7 Å². The van der Waals surface area contributed by atoms with Crippen LogP contribution in [-0.2, 0) is 11.3 Å². The van der Waals surface area contributed by atoms with Crippen LogP contribution < -0.4 is 0 Å². The van der Waals surface area contributed by atoms with E-state index in [1.54, 1.807) is 54.0 Å². The van der Waals surface area contributed by atoms with Gasteiger partial charge >= 0.3 is 5.97 Å². The predicted molar refractivity (Wildman–Crippen MR) is 88.6 cm³/mol. The van der Waals surface area contributed by atoms with Gasteiger partial charge in [-0.25, -0.2) is 0 Å². The van der Waals surface area contributed by atoms with E-state index in [0.29, 0.717) is 23.5 Å². The quantitative estimate of drug-likeness (QED) is 0.786. The maximum atomic E-state index is 12.6. The van der Waals surface area contributed by atoms with E-state index in [9.17, 15) is 9.59 Å². The van der Waals surface area contributed by atoms with Gasteiger partial charge in [-0.1, -0.05) is 12.1 Å². The first-order valence-corrected chi connectivity index (χ1v) is 8.08. The second kappa shape index (κ2) is 7.82. The lowest BCUT2D eigenvalue weighted by molar-refractivity contribution is -0.136. The standard InChI is InChI=1S/C16H19N3O3S/c1-12(16(21)22)23-14-7-4-3-6-13(14)15(20)18(2)10-11-19-9-5-8-17-19/h3-9,12H,10-11H2,1-2H3,(H,21,22). The third-order valence-corrected chi connectivity index (χ3v) is 4.50. The van der Waals surface area contributed by atoms with Crippen LogP contribution in [0.2, 0.25) is 0 Å². The molecule has 0 spiro atoms. The number of benzene rings is 1. The second-order valence-electron chi connectivity index (χ2n) is 5.09. The molecule has 1 aromatic heterocycles. The molecular formula is C16H19N3O3S. The molecule has 0 aliphatic carbocycles. The SMILES string of the molecule is CC(Sc1ccccc1C(=O)N(C)CCn1cccn1)C(=O)O. The van der Waals surface area contributed by atoms with Gasteiger partial charge in [-0.2, -0.15) is 5.10 Å². The molecule has 0 radical (unpaired) electrons. The maximum Gasteiger partial charge on any atom is 0.316 e. The summed E-state index contributed by atoms with van der Waals surface area (Å²) in [6, 6.07) is 8.92. The Morgan fingerprint density at radius 1 is 1.35 bits per heavy atom. The first kappa shape index (κ1) is 17.1. The molecule has 7 heteroatoms. The number of aromatic nitrogens is 2. The lowest BCUT2D eigenvalue weighted by Crippen LogP contribution is -2.30. The highest BCUT2D eigenvalue weighted by Crippen LogP contribution is 2.27. The Labute approximate surface area is 139 Å². The number of carbonyl (C=O) groups is 2. The molecule has 2 rings (SSSR count). The topological polar surface area (TPSA) is 75.4 Å². The average Bonchev–Trinajstić information content (AvgIpc) is 3.05. The number of carbonyl (C=O) groups excluding carboxylic acids is 1. The van der Waals surface area contributed by atoms with Crippen LogP contribution in [0.1, 0.15) is 17.3 Å². The summed E-state index contributed by atoms with van der Waals surface area (Å²) < 4.78 is 1.76. The number of hydrogen-bond acceptors (Lipinski definition) is 4. The minimum Gasteiger partial charge on any atom is -0.480 e. The van der Waals surface area contributed by atoms with E-state index in [0.717, 1.165) is 0 Å². The first-order chi connectivity index (χ1) is 11.0. The molecule has 6 nitrogen and oxygen atoms in total. The van der Waals surface area contributed by atoms with Gasteiger partial charge in [0.25, 0.3) is 5.91 Å². The molecule has 0 aliphatic rings. The van der Waals surface area contributed by atoms with Gasteiger partial charge in [0.15, 0.2) is 0 Å². The van der Waals surface area contributed by atoms with Crippen LogP contribution >= 0.6 is 11.8 Å². The van der Waals surface area contributed by atoms with Gasteiger partial charge in [-0.05, 0) is 25.1 Å². The van der Waals surface area contributed by atoms with Crippen molar-refractivity contribution in [1.82, 2.24) is 14.7 Å². The van der Waals surface area contributed by atoms with Crippen molar-refractivity contribution in [1.29, 1.82) is 0 Å². The third-order valence-electron chi connectivity index (χ3n) is 3.34. The molecule has 0 aliphatic heterocycles. The zero-order valence-electron chi connectivity index (χ0n) is 13.0. The molecule has 0 saturated carbocycles. The summed E-state index contributed by atoms with van der Waals surface area (Å²) >= 11 is 1.18. The summed E-state index contributed by atoms with van der Waals surface area (Å²) in [7, 11) is 1.73. The van der Waals surface area contributed by atoms with Gasteiger partial charge in [-0.3, -0.25) is 14.3 Å². The Morgan fingerprint density at radius 3 is 2.74 bits per heavy atom. The highest BCUT2D eigenvalue weighted by atomic mass is 32.2. The van der Waals surface area contributed by atoms with Crippen molar-refractivity contribution >= 4 is 23.6 Å². The molecule has 0 bridgehead atoms. The van der Waals surface area contributed by atoms with Crippen molar-refractivity contribution in [3.05, 3.63) is 48.3 Å². The highest BCUT2D eigenvalue weighted by molar-refractivity contribution is 8.00. The zero-order chi connectivity index (χ0) is 16.8. The number of carboxylic acids is 1. The number of nitrogens with zero attached hydrogens (tertiary/aromatic N) is 3. The maximum absolute atomic E-state index is 12.6. The Morgan fingerprint density at radius 2 is 2.09 bits per heavy atom. The summed E-state index contributed by atoms with van der Waals surface area (Å²) in [5.74, 6) is -1.03. The fraction of sp³-hybridized carbons (Fsp3) is 0.312. The molecule has 1 heterocycles. The van der Waals surface area contributed by atoms with Crippen LogP contribution in [-0.4, -0.2) is 50.5 Å². The van der Waals surface area contributed by atoms with E-state index in [2.05, 4.69) is 5.10 Å². The highest BCUT2D eigenvalue weighted by Gasteiger charge is 2.19.